The zero-order valence-electron chi connectivity index (χ0n) is 14.7. The predicted octanol–water partition coefficient (Wildman–Crippen LogP) is 3.18. The van der Waals surface area contributed by atoms with Crippen molar-refractivity contribution < 1.29 is 13.2 Å². The van der Waals surface area contributed by atoms with Gasteiger partial charge in [0.05, 0.1) is 4.90 Å². The highest BCUT2D eigenvalue weighted by Crippen LogP contribution is 2.36. The topological polar surface area (TPSA) is 66.5 Å². The lowest BCUT2D eigenvalue weighted by Gasteiger charge is -2.28. The van der Waals surface area contributed by atoms with Crippen molar-refractivity contribution in [2.24, 2.45) is 0 Å². The maximum atomic E-state index is 13.2. The minimum atomic E-state index is -3.62. The fraction of sp³-hybridized carbons (Fsp3) is 0.250. The van der Waals surface area contributed by atoms with E-state index in [2.05, 4.69) is 5.32 Å². The second kappa shape index (κ2) is 6.07. The highest BCUT2D eigenvalue weighted by Gasteiger charge is 2.31. The molecule has 0 saturated carbocycles. The van der Waals surface area contributed by atoms with E-state index >= 15 is 0 Å². The molecule has 0 saturated heterocycles. The smallest absolute Gasteiger partial charge is 0.256 e. The van der Waals surface area contributed by atoms with Crippen molar-refractivity contribution in [1.29, 1.82) is 0 Å². The molecule has 0 atom stereocenters. The lowest BCUT2D eigenvalue weighted by molar-refractivity contribution is -0.110. The number of amides is 1. The molecule has 134 valence electrons. The molecular weight excluding hydrogens is 348 g/mol. The molecule has 0 aromatic heterocycles. The summed E-state index contributed by atoms with van der Waals surface area (Å²) in [5, 5.41) is 2.79. The van der Waals surface area contributed by atoms with Crippen LogP contribution in [0.1, 0.15) is 30.5 Å². The molecule has 2 aliphatic rings. The fourth-order valence-corrected chi connectivity index (χ4v) is 5.07. The lowest BCUT2D eigenvalue weighted by atomic mass is 10.0. The Morgan fingerprint density at radius 2 is 1.81 bits per heavy atom. The summed E-state index contributed by atoms with van der Waals surface area (Å²) >= 11 is 0. The number of benzene rings is 2. The van der Waals surface area contributed by atoms with E-state index in [-0.39, 0.29) is 10.8 Å². The third kappa shape index (κ3) is 2.66. The summed E-state index contributed by atoms with van der Waals surface area (Å²) in [6, 6.07) is 12.8. The first kappa shape index (κ1) is 17.0. The van der Waals surface area contributed by atoms with Crippen molar-refractivity contribution in [2.45, 2.75) is 31.7 Å². The highest BCUT2D eigenvalue weighted by atomic mass is 32.2. The number of nitrogens with one attached hydrogen (secondary N) is 1. The van der Waals surface area contributed by atoms with Crippen LogP contribution in [0.2, 0.25) is 0 Å². The number of hydrogen-bond acceptors (Lipinski definition) is 3. The van der Waals surface area contributed by atoms with Crippen LogP contribution < -0.4 is 5.32 Å². The Kier molecular flexibility index (Phi) is 3.97. The van der Waals surface area contributed by atoms with Gasteiger partial charge in [0.15, 0.2) is 0 Å². The highest BCUT2D eigenvalue weighted by molar-refractivity contribution is 7.89. The zero-order chi connectivity index (χ0) is 18.5. The monoisotopic (exact) mass is 368 g/mol. The largest absolute Gasteiger partial charge is 0.321 e. The number of hydrogen-bond donors (Lipinski definition) is 1. The molecule has 0 radical (unpaired) electrons. The first-order valence-electron chi connectivity index (χ1n) is 8.58. The predicted molar refractivity (Wildman–Crippen MR) is 101 cm³/mol. The van der Waals surface area contributed by atoms with Gasteiger partial charge in [-0.25, -0.2) is 8.42 Å². The maximum Gasteiger partial charge on any atom is 0.256 e. The van der Waals surface area contributed by atoms with E-state index < -0.39 is 10.0 Å². The minimum absolute atomic E-state index is 0.179. The number of allylic oxidation sites excluding steroid dienone is 1. The lowest BCUT2D eigenvalue weighted by Crippen LogP contribution is -2.35. The van der Waals surface area contributed by atoms with Gasteiger partial charge >= 0.3 is 0 Å². The number of anilines is 1. The van der Waals surface area contributed by atoms with Crippen LogP contribution in [0, 0.1) is 0 Å². The number of rotatable bonds is 2. The number of carbonyl (C=O) groups excluding carboxylic acids is 1. The van der Waals surface area contributed by atoms with Gasteiger partial charge in [0.1, 0.15) is 0 Å². The second-order valence-electron chi connectivity index (χ2n) is 6.89. The van der Waals surface area contributed by atoms with Gasteiger partial charge in [-0.1, -0.05) is 29.8 Å². The molecule has 5 nitrogen and oxygen atoms in total. The van der Waals surface area contributed by atoms with Gasteiger partial charge in [-0.3, -0.25) is 4.79 Å². The Morgan fingerprint density at radius 3 is 2.54 bits per heavy atom. The minimum Gasteiger partial charge on any atom is -0.321 e. The molecule has 4 rings (SSSR count). The van der Waals surface area contributed by atoms with E-state index in [1.165, 1.54) is 9.87 Å². The molecule has 2 aromatic rings. The van der Waals surface area contributed by atoms with Gasteiger partial charge in [-0.15, -0.1) is 0 Å². The Hall–Kier alpha value is -2.44. The Morgan fingerprint density at radius 1 is 1.08 bits per heavy atom. The Bertz CT molecular complexity index is 1050. The third-order valence-electron chi connectivity index (χ3n) is 4.97. The molecule has 0 aliphatic carbocycles. The second-order valence-corrected chi connectivity index (χ2v) is 8.83. The average molecular weight is 368 g/mol. The van der Waals surface area contributed by atoms with Crippen molar-refractivity contribution >= 4 is 27.2 Å². The summed E-state index contributed by atoms with van der Waals surface area (Å²) in [7, 11) is -3.62. The van der Waals surface area contributed by atoms with Gasteiger partial charge in [-0.2, -0.15) is 4.31 Å². The first-order chi connectivity index (χ1) is 12.4. The number of sulfonamides is 1. The Labute approximate surface area is 153 Å². The standard InChI is InChI=1S/C20H20N2O3S/c1-13(2)19-17-11-16(7-8-18(17)21-20(19)23)26(24,25)22-10-9-14-5-3-4-6-15(14)12-22/h3-8,11H,9-10,12H2,1-2H3,(H,21,23). The maximum absolute atomic E-state index is 13.2. The van der Waals surface area contributed by atoms with Crippen LogP contribution >= 0.6 is 0 Å². The van der Waals surface area contributed by atoms with Crippen molar-refractivity contribution in [2.75, 3.05) is 11.9 Å². The number of carbonyl (C=O) groups is 1. The van der Waals surface area contributed by atoms with E-state index in [1.807, 2.05) is 38.1 Å². The normalized spacial score (nSPS) is 16.8. The summed E-state index contributed by atoms with van der Waals surface area (Å²) in [5.41, 5.74) is 4.99. The number of fused-ring (bicyclic) bond motifs is 2. The van der Waals surface area contributed by atoms with Crippen molar-refractivity contribution in [1.82, 2.24) is 4.31 Å². The van der Waals surface area contributed by atoms with E-state index in [0.717, 1.165) is 11.1 Å². The summed E-state index contributed by atoms with van der Waals surface area (Å²) < 4.78 is 27.8. The molecular formula is C20H20N2O3S. The molecule has 1 amide bonds. The van der Waals surface area contributed by atoms with Crippen LogP contribution in [0.3, 0.4) is 0 Å². The van der Waals surface area contributed by atoms with Crippen LogP contribution in [0.5, 0.6) is 0 Å². The fourth-order valence-electron chi connectivity index (χ4n) is 3.63. The summed E-state index contributed by atoms with van der Waals surface area (Å²) in [6.07, 6.45) is 0.708. The molecule has 1 N–H and O–H groups in total. The molecule has 0 spiro atoms. The van der Waals surface area contributed by atoms with Gasteiger partial charge in [0.25, 0.3) is 5.91 Å². The molecule has 26 heavy (non-hydrogen) atoms. The molecule has 2 aromatic carbocycles. The molecule has 2 aliphatic heterocycles. The van der Waals surface area contributed by atoms with Crippen LogP contribution in [0.15, 0.2) is 52.9 Å². The van der Waals surface area contributed by atoms with Crippen LogP contribution in [0.25, 0.3) is 5.57 Å². The molecule has 6 heteroatoms. The first-order valence-corrected chi connectivity index (χ1v) is 10.0. The van der Waals surface area contributed by atoms with Gasteiger partial charge < -0.3 is 5.32 Å². The van der Waals surface area contributed by atoms with Crippen molar-refractivity contribution in [3.8, 4) is 0 Å². The molecule has 0 unspecified atom stereocenters. The van der Waals surface area contributed by atoms with Gasteiger partial charge in [-0.05, 0) is 49.6 Å². The van der Waals surface area contributed by atoms with Crippen LogP contribution in [-0.4, -0.2) is 25.2 Å². The average Bonchev–Trinajstić information content (AvgIpc) is 2.96. The van der Waals surface area contributed by atoms with E-state index in [0.29, 0.717) is 36.3 Å². The zero-order valence-corrected chi connectivity index (χ0v) is 15.6. The third-order valence-corrected chi connectivity index (χ3v) is 6.81. The van der Waals surface area contributed by atoms with E-state index in [4.69, 9.17) is 0 Å². The van der Waals surface area contributed by atoms with E-state index in [1.54, 1.807) is 18.2 Å². The molecule has 0 bridgehead atoms. The molecule has 0 fully saturated rings. The summed E-state index contributed by atoms with van der Waals surface area (Å²) in [5.74, 6) is -0.179. The van der Waals surface area contributed by atoms with Crippen LogP contribution in [0.4, 0.5) is 5.69 Å². The van der Waals surface area contributed by atoms with Gasteiger partial charge in [0.2, 0.25) is 10.0 Å². The Balaban J connectivity index is 1.73. The van der Waals surface area contributed by atoms with E-state index in [9.17, 15) is 13.2 Å². The van der Waals surface area contributed by atoms with Gasteiger partial charge in [0, 0.05) is 29.9 Å². The summed E-state index contributed by atoms with van der Waals surface area (Å²) in [4.78, 5) is 12.4. The summed E-state index contributed by atoms with van der Waals surface area (Å²) in [6.45, 7) is 4.55. The number of nitrogens with zero attached hydrogens (tertiary/aromatic N) is 1. The SMILES string of the molecule is CC(C)=C1C(=O)Nc2ccc(S(=O)(=O)N3CCc4ccccc4C3)cc21. The van der Waals surface area contributed by atoms with Crippen molar-refractivity contribution in [3.05, 3.63) is 64.7 Å². The van der Waals surface area contributed by atoms with Crippen molar-refractivity contribution in [3.63, 3.8) is 0 Å². The van der Waals surface area contributed by atoms with Crippen LogP contribution in [-0.2, 0) is 27.8 Å². The quantitative estimate of drug-likeness (QED) is 0.828. The molecule has 2 heterocycles.